The number of pyridine rings is 2. The second kappa shape index (κ2) is 5.15. The zero-order valence-corrected chi connectivity index (χ0v) is 10.0. The Morgan fingerprint density at radius 1 is 1.44 bits per heavy atom. The first-order valence-electron chi connectivity index (χ1n) is 5.50. The van der Waals surface area contributed by atoms with Crippen LogP contribution in [0.25, 0.3) is 0 Å². The molecule has 5 heteroatoms. The highest BCUT2D eigenvalue weighted by molar-refractivity contribution is 5.57. The van der Waals surface area contributed by atoms with Gasteiger partial charge in [0.1, 0.15) is 11.9 Å². The standard InChI is InChI=1S/C13H13N5/c1-9-3-2-4-16-12(9)8-18-13-10(6-14)5-11(15)7-17-13/h2-5,7H,8,15H2,1H3,(H,17,18). The van der Waals surface area contributed by atoms with Gasteiger partial charge in [0.05, 0.1) is 29.7 Å². The van der Waals surface area contributed by atoms with Gasteiger partial charge in [0.25, 0.3) is 0 Å². The monoisotopic (exact) mass is 239 g/mol. The Bertz CT molecular complexity index is 601. The first-order valence-corrected chi connectivity index (χ1v) is 5.50. The van der Waals surface area contributed by atoms with E-state index in [-0.39, 0.29) is 0 Å². The zero-order chi connectivity index (χ0) is 13.0. The normalized spacial score (nSPS) is 9.78. The van der Waals surface area contributed by atoms with Crippen molar-refractivity contribution >= 4 is 11.5 Å². The molecule has 5 nitrogen and oxygen atoms in total. The molecule has 0 aliphatic carbocycles. The maximum atomic E-state index is 8.99. The minimum Gasteiger partial charge on any atom is -0.397 e. The fourth-order valence-electron chi connectivity index (χ4n) is 1.58. The number of anilines is 2. The average molecular weight is 239 g/mol. The minimum absolute atomic E-state index is 0.434. The van der Waals surface area contributed by atoms with Crippen LogP contribution < -0.4 is 11.1 Å². The van der Waals surface area contributed by atoms with E-state index in [2.05, 4.69) is 21.4 Å². The molecule has 0 saturated heterocycles. The summed E-state index contributed by atoms with van der Waals surface area (Å²) in [5, 5.41) is 12.1. The van der Waals surface area contributed by atoms with Crippen molar-refractivity contribution < 1.29 is 0 Å². The summed E-state index contributed by atoms with van der Waals surface area (Å²) in [6.07, 6.45) is 3.26. The van der Waals surface area contributed by atoms with Crippen molar-refractivity contribution in [3.63, 3.8) is 0 Å². The molecule has 2 aromatic rings. The lowest BCUT2D eigenvalue weighted by atomic mass is 10.2. The van der Waals surface area contributed by atoms with E-state index in [1.807, 2.05) is 19.1 Å². The third kappa shape index (κ3) is 2.55. The molecule has 0 aromatic carbocycles. The van der Waals surface area contributed by atoms with Crippen LogP contribution in [0, 0.1) is 18.3 Å². The third-order valence-electron chi connectivity index (χ3n) is 2.57. The summed E-state index contributed by atoms with van der Waals surface area (Å²) in [4.78, 5) is 8.38. The van der Waals surface area contributed by atoms with E-state index in [0.29, 0.717) is 23.6 Å². The number of aromatic nitrogens is 2. The molecule has 0 amide bonds. The maximum Gasteiger partial charge on any atom is 0.144 e. The average Bonchev–Trinajstić information content (AvgIpc) is 2.39. The quantitative estimate of drug-likeness (QED) is 0.853. The Hall–Kier alpha value is -2.61. The Labute approximate surface area is 105 Å². The molecule has 0 bridgehead atoms. The van der Waals surface area contributed by atoms with Gasteiger partial charge in [-0.15, -0.1) is 0 Å². The number of nitrogens with two attached hydrogens (primary N) is 1. The van der Waals surface area contributed by atoms with E-state index >= 15 is 0 Å². The molecule has 0 unspecified atom stereocenters. The number of aryl methyl sites for hydroxylation is 1. The van der Waals surface area contributed by atoms with Crippen LogP contribution in [0.1, 0.15) is 16.8 Å². The number of nitrogen functional groups attached to an aromatic ring is 1. The summed E-state index contributed by atoms with van der Waals surface area (Å²) in [5.74, 6) is 0.525. The first-order chi connectivity index (χ1) is 8.70. The number of rotatable bonds is 3. The summed E-state index contributed by atoms with van der Waals surface area (Å²) < 4.78 is 0. The Balaban J connectivity index is 2.16. The molecule has 3 N–H and O–H groups in total. The molecule has 0 saturated carbocycles. The van der Waals surface area contributed by atoms with Crippen molar-refractivity contribution in [2.24, 2.45) is 0 Å². The van der Waals surface area contributed by atoms with Crippen LogP contribution in [-0.2, 0) is 6.54 Å². The summed E-state index contributed by atoms with van der Waals surface area (Å²) in [6, 6.07) is 7.54. The van der Waals surface area contributed by atoms with Crippen molar-refractivity contribution in [1.29, 1.82) is 5.26 Å². The van der Waals surface area contributed by atoms with Crippen molar-refractivity contribution in [3.05, 3.63) is 47.4 Å². The highest BCUT2D eigenvalue weighted by Gasteiger charge is 2.05. The molecule has 0 atom stereocenters. The number of nitriles is 1. The summed E-state index contributed by atoms with van der Waals surface area (Å²) in [5.41, 5.74) is 8.52. The topological polar surface area (TPSA) is 87.6 Å². The second-order valence-electron chi connectivity index (χ2n) is 3.90. The van der Waals surface area contributed by atoms with Crippen molar-refractivity contribution in [1.82, 2.24) is 9.97 Å². The molecular formula is C13H13N5. The van der Waals surface area contributed by atoms with Crippen LogP contribution >= 0.6 is 0 Å². The molecule has 0 aliphatic heterocycles. The van der Waals surface area contributed by atoms with Crippen molar-refractivity contribution in [2.45, 2.75) is 13.5 Å². The van der Waals surface area contributed by atoms with Gasteiger partial charge in [-0.1, -0.05) is 6.07 Å². The van der Waals surface area contributed by atoms with Gasteiger partial charge in [-0.2, -0.15) is 5.26 Å². The van der Waals surface area contributed by atoms with Gasteiger partial charge in [0.2, 0.25) is 0 Å². The van der Waals surface area contributed by atoms with Crippen LogP contribution in [0.5, 0.6) is 0 Å². The van der Waals surface area contributed by atoms with Gasteiger partial charge in [0.15, 0.2) is 0 Å². The highest BCUT2D eigenvalue weighted by Crippen LogP contribution is 2.15. The molecule has 0 fully saturated rings. The van der Waals surface area contributed by atoms with E-state index in [0.717, 1.165) is 11.3 Å². The van der Waals surface area contributed by atoms with E-state index in [1.54, 1.807) is 12.3 Å². The Kier molecular flexibility index (Phi) is 3.39. The number of nitrogens with one attached hydrogen (secondary N) is 1. The largest absolute Gasteiger partial charge is 0.397 e. The summed E-state index contributed by atoms with van der Waals surface area (Å²) >= 11 is 0. The van der Waals surface area contributed by atoms with E-state index in [9.17, 15) is 0 Å². The molecule has 2 heterocycles. The van der Waals surface area contributed by atoms with Crippen molar-refractivity contribution in [3.8, 4) is 6.07 Å². The predicted molar refractivity (Wildman–Crippen MR) is 69.7 cm³/mol. The number of hydrogen-bond acceptors (Lipinski definition) is 5. The van der Waals surface area contributed by atoms with Crippen LogP contribution in [0.3, 0.4) is 0 Å². The lowest BCUT2D eigenvalue weighted by molar-refractivity contribution is 1.00. The minimum atomic E-state index is 0.434. The van der Waals surface area contributed by atoms with Gasteiger partial charge in [-0.05, 0) is 24.6 Å². The SMILES string of the molecule is Cc1cccnc1CNc1ncc(N)cc1C#N. The zero-order valence-electron chi connectivity index (χ0n) is 10.0. The van der Waals surface area contributed by atoms with Crippen LogP contribution in [-0.4, -0.2) is 9.97 Å². The molecule has 0 spiro atoms. The summed E-state index contributed by atoms with van der Waals surface area (Å²) in [7, 11) is 0. The Morgan fingerprint density at radius 3 is 3.00 bits per heavy atom. The molecule has 0 radical (unpaired) electrons. The van der Waals surface area contributed by atoms with Crippen LogP contribution in [0.15, 0.2) is 30.6 Å². The van der Waals surface area contributed by atoms with E-state index in [4.69, 9.17) is 11.0 Å². The van der Waals surface area contributed by atoms with Crippen LogP contribution in [0.4, 0.5) is 11.5 Å². The molecule has 90 valence electrons. The fraction of sp³-hybridized carbons (Fsp3) is 0.154. The van der Waals surface area contributed by atoms with E-state index in [1.165, 1.54) is 6.20 Å². The lowest BCUT2D eigenvalue weighted by Crippen LogP contribution is -2.06. The van der Waals surface area contributed by atoms with Gasteiger partial charge in [0, 0.05) is 6.20 Å². The lowest BCUT2D eigenvalue weighted by Gasteiger charge is -2.08. The fourth-order valence-corrected chi connectivity index (χ4v) is 1.58. The Morgan fingerprint density at radius 2 is 2.28 bits per heavy atom. The van der Waals surface area contributed by atoms with Crippen LogP contribution in [0.2, 0.25) is 0 Å². The second-order valence-corrected chi connectivity index (χ2v) is 3.90. The molecule has 2 rings (SSSR count). The molecule has 2 aromatic heterocycles. The first kappa shape index (κ1) is 11.9. The summed E-state index contributed by atoms with van der Waals surface area (Å²) in [6.45, 7) is 2.52. The van der Waals surface area contributed by atoms with Gasteiger partial charge >= 0.3 is 0 Å². The molecule has 0 aliphatic rings. The van der Waals surface area contributed by atoms with Gasteiger partial charge < -0.3 is 11.1 Å². The number of hydrogen-bond donors (Lipinski definition) is 2. The smallest absolute Gasteiger partial charge is 0.144 e. The highest BCUT2D eigenvalue weighted by atomic mass is 15.0. The third-order valence-corrected chi connectivity index (χ3v) is 2.57. The number of nitrogens with zero attached hydrogens (tertiary/aromatic N) is 3. The van der Waals surface area contributed by atoms with Gasteiger partial charge in [-0.3, -0.25) is 4.98 Å². The predicted octanol–water partition coefficient (Wildman–Crippen LogP) is 1.85. The van der Waals surface area contributed by atoms with E-state index < -0.39 is 0 Å². The molecule has 18 heavy (non-hydrogen) atoms. The van der Waals surface area contributed by atoms with Gasteiger partial charge in [-0.25, -0.2) is 4.98 Å². The molecular weight excluding hydrogens is 226 g/mol. The van der Waals surface area contributed by atoms with Crippen molar-refractivity contribution in [2.75, 3.05) is 11.1 Å². The maximum absolute atomic E-state index is 8.99.